The molecule has 0 amide bonds. The number of nitrogens with one attached hydrogen (secondary N) is 2. The van der Waals surface area contributed by atoms with Gasteiger partial charge in [0.1, 0.15) is 0 Å². The lowest BCUT2D eigenvalue weighted by atomic mass is 10.0. The Morgan fingerprint density at radius 1 is 1.33 bits per heavy atom. The highest BCUT2D eigenvalue weighted by Crippen LogP contribution is 2.04. The van der Waals surface area contributed by atoms with Crippen LogP contribution >= 0.6 is 0 Å². The average Bonchev–Trinajstić information content (AvgIpc) is 2.23. The largest absolute Gasteiger partial charge is 0.395 e. The molecule has 1 aromatic carbocycles. The van der Waals surface area contributed by atoms with Gasteiger partial charge >= 0.3 is 0 Å². The number of hydrogen-bond acceptors (Lipinski definition) is 3. The normalized spacial score (nSPS) is 18.5. The summed E-state index contributed by atoms with van der Waals surface area (Å²) in [7, 11) is 0. The number of hydrogen-bond donors (Lipinski definition) is 3. The molecular weight excluding hydrogens is 188 g/mol. The van der Waals surface area contributed by atoms with Crippen molar-refractivity contribution in [2.24, 2.45) is 0 Å². The van der Waals surface area contributed by atoms with Crippen LogP contribution in [0.3, 0.4) is 0 Å². The maximum absolute atomic E-state index is 9.27. The van der Waals surface area contributed by atoms with Gasteiger partial charge in [0.15, 0.2) is 0 Å². The van der Waals surface area contributed by atoms with E-state index in [-0.39, 0.29) is 12.6 Å². The van der Waals surface area contributed by atoms with Gasteiger partial charge in [0.05, 0.1) is 6.61 Å². The number of rotatable bonds is 5. The molecule has 3 heteroatoms. The van der Waals surface area contributed by atoms with Crippen molar-refractivity contribution in [2.75, 3.05) is 19.7 Å². The minimum atomic E-state index is 0.180. The molecular formula is C12H18N2O. The second-order valence-electron chi connectivity index (χ2n) is 4.09. The Morgan fingerprint density at radius 3 is 2.60 bits per heavy atom. The lowest BCUT2D eigenvalue weighted by molar-refractivity contribution is 0.214. The van der Waals surface area contributed by atoms with E-state index in [1.54, 1.807) is 0 Å². The first-order chi connectivity index (χ1) is 7.38. The average molecular weight is 206 g/mol. The molecule has 1 aliphatic heterocycles. The fourth-order valence-electron chi connectivity index (χ4n) is 1.81. The van der Waals surface area contributed by atoms with Crippen LogP contribution in [0.4, 0.5) is 0 Å². The van der Waals surface area contributed by atoms with Crippen molar-refractivity contribution in [1.29, 1.82) is 0 Å². The molecule has 2 rings (SSSR count). The highest BCUT2D eigenvalue weighted by molar-refractivity contribution is 5.16. The molecule has 3 N–H and O–H groups in total. The van der Waals surface area contributed by atoms with Crippen LogP contribution in [0.25, 0.3) is 0 Å². The molecule has 0 saturated carbocycles. The molecule has 82 valence electrons. The molecule has 1 fully saturated rings. The van der Waals surface area contributed by atoms with E-state index < -0.39 is 0 Å². The number of aliphatic hydroxyl groups is 1. The van der Waals surface area contributed by atoms with E-state index in [4.69, 9.17) is 0 Å². The van der Waals surface area contributed by atoms with Crippen molar-refractivity contribution in [2.45, 2.75) is 18.5 Å². The van der Waals surface area contributed by atoms with Gasteiger partial charge in [-0.3, -0.25) is 0 Å². The van der Waals surface area contributed by atoms with Crippen LogP contribution in [-0.2, 0) is 6.42 Å². The van der Waals surface area contributed by atoms with Crippen LogP contribution in [0.15, 0.2) is 30.3 Å². The zero-order chi connectivity index (χ0) is 10.5. The van der Waals surface area contributed by atoms with E-state index in [0.717, 1.165) is 19.5 Å². The Labute approximate surface area is 90.5 Å². The molecule has 1 heterocycles. The molecule has 0 aliphatic carbocycles. The molecule has 15 heavy (non-hydrogen) atoms. The Hall–Kier alpha value is -0.900. The van der Waals surface area contributed by atoms with Crippen LogP contribution in [0.1, 0.15) is 5.56 Å². The number of benzene rings is 1. The first kappa shape index (κ1) is 10.6. The first-order valence-corrected chi connectivity index (χ1v) is 5.50. The van der Waals surface area contributed by atoms with E-state index in [9.17, 15) is 5.11 Å². The van der Waals surface area contributed by atoms with Crippen LogP contribution in [0, 0.1) is 0 Å². The van der Waals surface area contributed by atoms with Gasteiger partial charge in [-0.1, -0.05) is 30.3 Å². The second-order valence-corrected chi connectivity index (χ2v) is 4.09. The predicted molar refractivity (Wildman–Crippen MR) is 60.8 cm³/mol. The third kappa shape index (κ3) is 3.02. The maximum Gasteiger partial charge on any atom is 0.0587 e. The lowest BCUT2D eigenvalue weighted by Gasteiger charge is -2.32. The van der Waals surface area contributed by atoms with E-state index in [1.165, 1.54) is 5.56 Å². The van der Waals surface area contributed by atoms with Crippen LogP contribution < -0.4 is 10.6 Å². The fraction of sp³-hybridized carbons (Fsp3) is 0.500. The summed E-state index contributed by atoms with van der Waals surface area (Å²) < 4.78 is 0. The van der Waals surface area contributed by atoms with Crippen molar-refractivity contribution < 1.29 is 5.11 Å². The Bertz CT molecular complexity index is 285. The van der Waals surface area contributed by atoms with Gasteiger partial charge < -0.3 is 15.7 Å². The number of aliphatic hydroxyl groups excluding tert-OH is 1. The summed E-state index contributed by atoms with van der Waals surface area (Å²) in [6.07, 6.45) is 0.897. The second kappa shape index (κ2) is 5.26. The summed E-state index contributed by atoms with van der Waals surface area (Å²) >= 11 is 0. The van der Waals surface area contributed by atoms with Crippen molar-refractivity contribution in [1.82, 2.24) is 10.6 Å². The quantitative estimate of drug-likeness (QED) is 0.642. The van der Waals surface area contributed by atoms with E-state index >= 15 is 0 Å². The Kier molecular flexibility index (Phi) is 3.72. The van der Waals surface area contributed by atoms with Gasteiger partial charge in [-0.15, -0.1) is 0 Å². The smallest absolute Gasteiger partial charge is 0.0587 e. The third-order valence-corrected chi connectivity index (χ3v) is 2.80. The molecule has 3 nitrogen and oxygen atoms in total. The first-order valence-electron chi connectivity index (χ1n) is 5.50. The summed E-state index contributed by atoms with van der Waals surface area (Å²) in [5.74, 6) is 0. The minimum Gasteiger partial charge on any atom is -0.395 e. The highest BCUT2D eigenvalue weighted by Gasteiger charge is 2.20. The molecule has 0 unspecified atom stereocenters. The summed E-state index contributed by atoms with van der Waals surface area (Å²) in [5.41, 5.74) is 1.27. The Balaban J connectivity index is 1.84. The highest BCUT2D eigenvalue weighted by atomic mass is 16.3. The monoisotopic (exact) mass is 206 g/mol. The van der Waals surface area contributed by atoms with Crippen molar-refractivity contribution in [3.63, 3.8) is 0 Å². The molecule has 1 aliphatic rings. The van der Waals surface area contributed by atoms with Crippen LogP contribution in [0.5, 0.6) is 0 Å². The van der Waals surface area contributed by atoms with Gasteiger partial charge in [0, 0.05) is 25.2 Å². The standard InChI is InChI=1S/C12H18N2O/c15-9-11(14-12-7-13-8-12)6-10-4-2-1-3-5-10/h1-5,11-15H,6-9H2/t11-/m1/s1. The van der Waals surface area contributed by atoms with Crippen molar-refractivity contribution in [3.8, 4) is 0 Å². The van der Waals surface area contributed by atoms with Gasteiger partial charge in [-0.2, -0.15) is 0 Å². The van der Waals surface area contributed by atoms with E-state index in [2.05, 4.69) is 22.8 Å². The molecule has 1 aromatic rings. The van der Waals surface area contributed by atoms with E-state index in [1.807, 2.05) is 18.2 Å². The Morgan fingerprint density at radius 2 is 2.07 bits per heavy atom. The van der Waals surface area contributed by atoms with Crippen LogP contribution in [0.2, 0.25) is 0 Å². The van der Waals surface area contributed by atoms with E-state index in [0.29, 0.717) is 6.04 Å². The van der Waals surface area contributed by atoms with Crippen molar-refractivity contribution >= 4 is 0 Å². The molecule has 0 bridgehead atoms. The molecule has 1 atom stereocenters. The summed E-state index contributed by atoms with van der Waals surface area (Å²) in [4.78, 5) is 0. The SMILES string of the molecule is OC[C@@H](Cc1ccccc1)NC1CNC1. The zero-order valence-electron chi connectivity index (χ0n) is 8.82. The van der Waals surface area contributed by atoms with Crippen LogP contribution in [-0.4, -0.2) is 36.9 Å². The van der Waals surface area contributed by atoms with Gasteiger partial charge in [0.2, 0.25) is 0 Å². The minimum absolute atomic E-state index is 0.180. The van der Waals surface area contributed by atoms with Crippen molar-refractivity contribution in [3.05, 3.63) is 35.9 Å². The van der Waals surface area contributed by atoms with Gasteiger partial charge in [-0.05, 0) is 12.0 Å². The lowest BCUT2D eigenvalue weighted by Crippen LogP contribution is -2.59. The molecule has 0 radical (unpaired) electrons. The van der Waals surface area contributed by atoms with Gasteiger partial charge in [-0.25, -0.2) is 0 Å². The maximum atomic E-state index is 9.27. The topological polar surface area (TPSA) is 44.3 Å². The predicted octanol–water partition coefficient (Wildman–Crippen LogP) is 0.151. The summed E-state index contributed by atoms with van der Waals surface area (Å²) in [5, 5.41) is 15.9. The molecule has 0 aromatic heterocycles. The molecule has 1 saturated heterocycles. The summed E-state index contributed by atoms with van der Waals surface area (Å²) in [6, 6.07) is 11.0. The summed E-state index contributed by atoms with van der Waals surface area (Å²) in [6.45, 7) is 2.24. The fourth-order valence-corrected chi connectivity index (χ4v) is 1.81. The third-order valence-electron chi connectivity index (χ3n) is 2.80. The zero-order valence-corrected chi connectivity index (χ0v) is 8.82. The van der Waals surface area contributed by atoms with Gasteiger partial charge in [0.25, 0.3) is 0 Å². The molecule has 0 spiro atoms.